The van der Waals surface area contributed by atoms with Crippen molar-refractivity contribution in [1.82, 2.24) is 9.78 Å². The summed E-state index contributed by atoms with van der Waals surface area (Å²) in [5.74, 6) is 0.373. The summed E-state index contributed by atoms with van der Waals surface area (Å²) < 4.78 is 39.7. The fourth-order valence-electron chi connectivity index (χ4n) is 2.00. The number of nitrogens with one attached hydrogen (secondary N) is 1. The molecule has 1 N–H and O–H groups in total. The Morgan fingerprint density at radius 3 is 2.52 bits per heavy atom. The van der Waals surface area contributed by atoms with E-state index < -0.39 is 11.7 Å². The Morgan fingerprint density at radius 1 is 1.29 bits per heavy atom. The van der Waals surface area contributed by atoms with Crippen LogP contribution < -0.4 is 5.32 Å². The van der Waals surface area contributed by atoms with Crippen molar-refractivity contribution >= 4 is 11.5 Å². The van der Waals surface area contributed by atoms with Gasteiger partial charge in [0.25, 0.3) is 0 Å². The highest BCUT2D eigenvalue weighted by molar-refractivity contribution is 5.67. The molecule has 110 valence electrons. The SMILES string of the molecule is Cc1ccc(C(F)(F)F)cc1Nc1c(C#N)c(C)nn1C. The minimum Gasteiger partial charge on any atom is -0.339 e. The first-order valence-electron chi connectivity index (χ1n) is 6.12. The van der Waals surface area contributed by atoms with Gasteiger partial charge in [0.2, 0.25) is 0 Å². The predicted octanol–water partition coefficient (Wildman–Crippen LogP) is 3.67. The molecule has 2 aromatic rings. The zero-order valence-electron chi connectivity index (χ0n) is 11.7. The number of anilines is 2. The number of hydrogen-bond acceptors (Lipinski definition) is 3. The minimum atomic E-state index is -4.41. The van der Waals surface area contributed by atoms with Gasteiger partial charge in [-0.3, -0.25) is 4.68 Å². The van der Waals surface area contributed by atoms with E-state index in [1.165, 1.54) is 10.7 Å². The van der Waals surface area contributed by atoms with Gasteiger partial charge in [0, 0.05) is 12.7 Å². The highest BCUT2D eigenvalue weighted by Gasteiger charge is 2.31. The van der Waals surface area contributed by atoms with Crippen molar-refractivity contribution in [3.63, 3.8) is 0 Å². The molecule has 21 heavy (non-hydrogen) atoms. The molecular formula is C14H13F3N4. The summed E-state index contributed by atoms with van der Waals surface area (Å²) in [6.07, 6.45) is -4.41. The number of aromatic nitrogens is 2. The van der Waals surface area contributed by atoms with Gasteiger partial charge in [-0.25, -0.2) is 0 Å². The molecule has 0 atom stereocenters. The summed E-state index contributed by atoms with van der Waals surface area (Å²) in [5.41, 5.74) is 1.03. The second-order valence-electron chi connectivity index (χ2n) is 4.70. The molecule has 1 heterocycles. The quantitative estimate of drug-likeness (QED) is 0.919. The Labute approximate surface area is 119 Å². The lowest BCUT2D eigenvalue weighted by atomic mass is 10.1. The van der Waals surface area contributed by atoms with Crippen LogP contribution >= 0.6 is 0 Å². The van der Waals surface area contributed by atoms with Crippen molar-refractivity contribution < 1.29 is 13.2 Å². The third-order valence-electron chi connectivity index (χ3n) is 3.15. The molecule has 0 bridgehead atoms. The number of alkyl halides is 3. The van der Waals surface area contributed by atoms with Crippen LogP contribution in [0.5, 0.6) is 0 Å². The first-order chi connectivity index (χ1) is 9.74. The van der Waals surface area contributed by atoms with E-state index in [4.69, 9.17) is 5.26 Å². The number of rotatable bonds is 2. The second kappa shape index (κ2) is 5.13. The molecule has 1 aromatic heterocycles. The Bertz CT molecular complexity index is 723. The average molecular weight is 294 g/mol. The topological polar surface area (TPSA) is 53.6 Å². The maximum Gasteiger partial charge on any atom is 0.416 e. The maximum atomic E-state index is 12.8. The third kappa shape index (κ3) is 2.84. The van der Waals surface area contributed by atoms with Crippen molar-refractivity contribution in [2.75, 3.05) is 5.32 Å². The molecule has 0 unspecified atom stereocenters. The van der Waals surface area contributed by atoms with Crippen LogP contribution in [0.4, 0.5) is 24.7 Å². The lowest BCUT2D eigenvalue weighted by Crippen LogP contribution is -2.07. The Morgan fingerprint density at radius 2 is 1.95 bits per heavy atom. The van der Waals surface area contributed by atoms with Gasteiger partial charge in [0.15, 0.2) is 0 Å². The van der Waals surface area contributed by atoms with Crippen LogP contribution in [0.2, 0.25) is 0 Å². The van der Waals surface area contributed by atoms with Gasteiger partial charge in [-0.1, -0.05) is 6.07 Å². The fourth-order valence-corrected chi connectivity index (χ4v) is 2.00. The molecule has 1 aromatic carbocycles. The zero-order valence-corrected chi connectivity index (χ0v) is 11.7. The van der Waals surface area contributed by atoms with Gasteiger partial charge >= 0.3 is 6.18 Å². The Kier molecular flexibility index (Phi) is 3.64. The second-order valence-corrected chi connectivity index (χ2v) is 4.70. The van der Waals surface area contributed by atoms with E-state index in [1.54, 1.807) is 20.9 Å². The van der Waals surface area contributed by atoms with Crippen molar-refractivity contribution in [2.45, 2.75) is 20.0 Å². The van der Waals surface area contributed by atoms with Crippen molar-refractivity contribution in [2.24, 2.45) is 7.05 Å². The monoisotopic (exact) mass is 294 g/mol. The molecule has 0 radical (unpaired) electrons. The highest BCUT2D eigenvalue weighted by atomic mass is 19.4. The van der Waals surface area contributed by atoms with Crippen LogP contribution in [0.25, 0.3) is 0 Å². The summed E-state index contributed by atoms with van der Waals surface area (Å²) >= 11 is 0. The molecule has 0 amide bonds. The lowest BCUT2D eigenvalue weighted by Gasteiger charge is -2.13. The molecule has 0 spiro atoms. The van der Waals surface area contributed by atoms with Crippen LogP contribution in [0, 0.1) is 25.2 Å². The standard InChI is InChI=1S/C14H13F3N4/c1-8-4-5-10(14(15,16)17)6-12(8)19-13-11(7-18)9(2)20-21(13)3/h4-6,19H,1-3H3. The molecule has 0 aliphatic rings. The molecular weight excluding hydrogens is 281 g/mol. The van der Waals surface area contributed by atoms with Crippen molar-refractivity contribution in [1.29, 1.82) is 5.26 Å². The van der Waals surface area contributed by atoms with Gasteiger partial charge in [0.05, 0.1) is 11.3 Å². The summed E-state index contributed by atoms with van der Waals surface area (Å²) in [7, 11) is 1.62. The van der Waals surface area contributed by atoms with Gasteiger partial charge in [-0.05, 0) is 31.5 Å². The molecule has 0 saturated heterocycles. The van der Waals surface area contributed by atoms with Crippen LogP contribution in [0.15, 0.2) is 18.2 Å². The summed E-state index contributed by atoms with van der Waals surface area (Å²) in [4.78, 5) is 0. The number of aryl methyl sites for hydroxylation is 3. The van der Waals surface area contributed by atoms with Crippen molar-refractivity contribution in [3.8, 4) is 6.07 Å². The Balaban J connectivity index is 2.48. The predicted molar refractivity (Wildman–Crippen MR) is 72.1 cm³/mol. The van der Waals surface area contributed by atoms with Gasteiger partial charge in [0.1, 0.15) is 17.5 Å². The first-order valence-corrected chi connectivity index (χ1v) is 6.12. The zero-order chi connectivity index (χ0) is 15.8. The fraction of sp³-hybridized carbons (Fsp3) is 0.286. The van der Waals surface area contributed by atoms with E-state index in [0.29, 0.717) is 28.3 Å². The van der Waals surface area contributed by atoms with Gasteiger partial charge < -0.3 is 5.32 Å². The molecule has 0 fully saturated rings. The molecule has 0 saturated carbocycles. The number of hydrogen-bond donors (Lipinski definition) is 1. The number of benzene rings is 1. The molecule has 2 rings (SSSR count). The average Bonchev–Trinajstić information content (AvgIpc) is 2.65. The van der Waals surface area contributed by atoms with E-state index >= 15 is 0 Å². The van der Waals surface area contributed by atoms with E-state index in [1.807, 2.05) is 6.07 Å². The third-order valence-corrected chi connectivity index (χ3v) is 3.15. The lowest BCUT2D eigenvalue weighted by molar-refractivity contribution is -0.137. The van der Waals surface area contributed by atoms with Crippen LogP contribution in [0.1, 0.15) is 22.4 Å². The smallest absolute Gasteiger partial charge is 0.339 e. The summed E-state index contributed by atoms with van der Waals surface area (Å²) in [6, 6.07) is 5.45. The molecule has 0 aliphatic carbocycles. The van der Waals surface area contributed by atoms with Crippen LogP contribution in [-0.2, 0) is 13.2 Å². The van der Waals surface area contributed by atoms with Gasteiger partial charge in [-0.15, -0.1) is 0 Å². The van der Waals surface area contributed by atoms with E-state index in [0.717, 1.165) is 12.1 Å². The normalized spacial score (nSPS) is 11.3. The highest BCUT2D eigenvalue weighted by Crippen LogP contribution is 2.33. The summed E-state index contributed by atoms with van der Waals surface area (Å²) in [5, 5.41) is 16.1. The number of nitrogens with zero attached hydrogens (tertiary/aromatic N) is 3. The molecule has 4 nitrogen and oxygen atoms in total. The molecule has 0 aliphatic heterocycles. The largest absolute Gasteiger partial charge is 0.416 e. The molecule has 7 heteroatoms. The van der Waals surface area contributed by atoms with E-state index in [-0.39, 0.29) is 0 Å². The first kappa shape index (κ1) is 14.9. The van der Waals surface area contributed by atoms with E-state index in [2.05, 4.69) is 10.4 Å². The maximum absolute atomic E-state index is 12.8. The minimum absolute atomic E-state index is 0.296. The van der Waals surface area contributed by atoms with Gasteiger partial charge in [-0.2, -0.15) is 23.5 Å². The van der Waals surface area contributed by atoms with E-state index in [9.17, 15) is 13.2 Å². The van der Waals surface area contributed by atoms with Crippen LogP contribution in [-0.4, -0.2) is 9.78 Å². The number of nitriles is 1. The Hall–Kier alpha value is -2.49. The van der Waals surface area contributed by atoms with Crippen LogP contribution in [0.3, 0.4) is 0 Å². The number of halogens is 3. The van der Waals surface area contributed by atoms with Crippen molar-refractivity contribution in [3.05, 3.63) is 40.6 Å². The summed E-state index contributed by atoms with van der Waals surface area (Å²) in [6.45, 7) is 3.36.